The van der Waals surface area contributed by atoms with Crippen LogP contribution in [0.1, 0.15) is 19.3 Å². The lowest BCUT2D eigenvalue weighted by Gasteiger charge is -2.09. The maximum absolute atomic E-state index is 5.68. The number of hydrogen-bond acceptors (Lipinski definition) is 4. The highest BCUT2D eigenvalue weighted by Crippen LogP contribution is 2.15. The van der Waals surface area contributed by atoms with Crippen molar-refractivity contribution >= 4 is 17.5 Å². The average Bonchev–Trinajstić information content (AvgIpc) is 2.74. The lowest BCUT2D eigenvalue weighted by Crippen LogP contribution is -2.13. The van der Waals surface area contributed by atoms with Gasteiger partial charge in [0.1, 0.15) is 0 Å². The number of nitrogens with one attached hydrogen (secondary N) is 1. The summed E-state index contributed by atoms with van der Waals surface area (Å²) in [4.78, 5) is 8.09. The van der Waals surface area contributed by atoms with E-state index < -0.39 is 0 Å². The second-order valence-corrected chi connectivity index (χ2v) is 4.01. The quantitative estimate of drug-likeness (QED) is 0.856. The van der Waals surface area contributed by atoms with Crippen LogP contribution in [0, 0.1) is 0 Å². The van der Waals surface area contributed by atoms with Crippen LogP contribution in [-0.2, 0) is 4.74 Å². The van der Waals surface area contributed by atoms with Crippen LogP contribution in [0.15, 0.2) is 12.4 Å². The molecule has 0 aromatic carbocycles. The molecule has 1 N–H and O–H groups in total. The molecule has 82 valence electrons. The lowest BCUT2D eigenvalue weighted by atomic mass is 10.2. The molecule has 0 bridgehead atoms. The van der Waals surface area contributed by atoms with Gasteiger partial charge in [-0.15, -0.1) is 0 Å². The summed E-state index contributed by atoms with van der Waals surface area (Å²) in [5, 5.41) is 3.69. The molecule has 5 heteroatoms. The Morgan fingerprint density at radius 3 is 2.93 bits per heavy atom. The Balaban J connectivity index is 1.71. The fraction of sp³-hybridized carbons (Fsp3) is 0.600. The van der Waals surface area contributed by atoms with Crippen molar-refractivity contribution in [1.29, 1.82) is 0 Å². The number of halogens is 1. The van der Waals surface area contributed by atoms with Gasteiger partial charge in [0.25, 0.3) is 0 Å². The molecule has 1 aliphatic heterocycles. The Hall–Kier alpha value is -0.870. The van der Waals surface area contributed by atoms with E-state index in [4.69, 9.17) is 16.3 Å². The van der Waals surface area contributed by atoms with E-state index in [2.05, 4.69) is 15.3 Å². The zero-order valence-electron chi connectivity index (χ0n) is 8.45. The predicted octanol–water partition coefficient (Wildman–Crippen LogP) is 2.11. The van der Waals surface area contributed by atoms with Crippen LogP contribution < -0.4 is 5.32 Å². The molecule has 0 amide bonds. The zero-order valence-corrected chi connectivity index (χ0v) is 9.20. The molecule has 0 saturated carbocycles. The molecule has 1 aliphatic rings. The second-order valence-electron chi connectivity index (χ2n) is 3.58. The topological polar surface area (TPSA) is 47.0 Å². The molecule has 1 saturated heterocycles. The van der Waals surface area contributed by atoms with Crippen LogP contribution in [0.2, 0.25) is 5.02 Å². The van der Waals surface area contributed by atoms with Crippen LogP contribution in [-0.4, -0.2) is 29.2 Å². The first-order chi connectivity index (χ1) is 7.34. The van der Waals surface area contributed by atoms with Gasteiger partial charge in [-0.2, -0.15) is 0 Å². The molecular formula is C10H14ClN3O. The summed E-state index contributed by atoms with van der Waals surface area (Å²) in [7, 11) is 0. The van der Waals surface area contributed by atoms with Gasteiger partial charge in [-0.25, -0.2) is 9.97 Å². The molecule has 0 radical (unpaired) electrons. The molecule has 2 heterocycles. The van der Waals surface area contributed by atoms with Crippen molar-refractivity contribution in [3.63, 3.8) is 0 Å². The van der Waals surface area contributed by atoms with Gasteiger partial charge in [0.05, 0.1) is 23.5 Å². The fourth-order valence-electron chi connectivity index (χ4n) is 1.62. The minimum absolute atomic E-state index is 0.407. The molecule has 15 heavy (non-hydrogen) atoms. The van der Waals surface area contributed by atoms with E-state index in [9.17, 15) is 0 Å². The Morgan fingerprint density at radius 1 is 1.47 bits per heavy atom. The monoisotopic (exact) mass is 227 g/mol. The Kier molecular flexibility index (Phi) is 3.75. The van der Waals surface area contributed by atoms with Crippen LogP contribution in [0.5, 0.6) is 0 Å². The second kappa shape index (κ2) is 5.28. The van der Waals surface area contributed by atoms with Gasteiger partial charge in [0.2, 0.25) is 5.95 Å². The van der Waals surface area contributed by atoms with E-state index >= 15 is 0 Å². The Morgan fingerprint density at radius 2 is 2.27 bits per heavy atom. The first-order valence-electron chi connectivity index (χ1n) is 5.17. The van der Waals surface area contributed by atoms with E-state index in [1.165, 1.54) is 12.8 Å². The Labute approximate surface area is 94.0 Å². The van der Waals surface area contributed by atoms with Crippen LogP contribution in [0.25, 0.3) is 0 Å². The van der Waals surface area contributed by atoms with Gasteiger partial charge < -0.3 is 10.1 Å². The summed E-state index contributed by atoms with van der Waals surface area (Å²) in [6.45, 7) is 1.74. The highest BCUT2D eigenvalue weighted by Gasteiger charge is 2.14. The number of rotatable bonds is 4. The first-order valence-corrected chi connectivity index (χ1v) is 5.55. The maximum atomic E-state index is 5.68. The SMILES string of the molecule is Clc1cnc(NCCC2CCCO2)nc1. The van der Waals surface area contributed by atoms with Crippen molar-refractivity contribution in [2.45, 2.75) is 25.4 Å². The molecule has 4 nitrogen and oxygen atoms in total. The van der Waals surface area contributed by atoms with Gasteiger partial charge in [-0.05, 0) is 19.3 Å². The molecule has 1 aromatic rings. The number of ether oxygens (including phenoxy) is 1. The van der Waals surface area contributed by atoms with E-state index in [0.717, 1.165) is 19.6 Å². The first kappa shape index (κ1) is 10.6. The molecule has 0 spiro atoms. The third kappa shape index (κ3) is 3.32. The lowest BCUT2D eigenvalue weighted by molar-refractivity contribution is 0.107. The van der Waals surface area contributed by atoms with Gasteiger partial charge in [0.15, 0.2) is 0 Å². The normalized spacial score (nSPS) is 20.5. The van der Waals surface area contributed by atoms with Crippen molar-refractivity contribution in [2.75, 3.05) is 18.5 Å². The summed E-state index contributed by atoms with van der Waals surface area (Å²) in [5.41, 5.74) is 0. The van der Waals surface area contributed by atoms with E-state index in [-0.39, 0.29) is 0 Å². The number of anilines is 1. The largest absolute Gasteiger partial charge is 0.378 e. The molecule has 1 atom stereocenters. The van der Waals surface area contributed by atoms with Crippen molar-refractivity contribution < 1.29 is 4.74 Å². The van der Waals surface area contributed by atoms with Gasteiger partial charge in [-0.1, -0.05) is 11.6 Å². The predicted molar refractivity (Wildman–Crippen MR) is 59.1 cm³/mol. The van der Waals surface area contributed by atoms with Crippen molar-refractivity contribution in [2.24, 2.45) is 0 Å². The summed E-state index contributed by atoms with van der Waals surface area (Å²) in [5.74, 6) is 0.623. The van der Waals surface area contributed by atoms with Crippen molar-refractivity contribution in [3.8, 4) is 0 Å². The molecule has 0 aliphatic carbocycles. The molecule has 2 rings (SSSR count). The highest BCUT2D eigenvalue weighted by molar-refractivity contribution is 6.30. The van der Waals surface area contributed by atoms with Crippen LogP contribution >= 0.6 is 11.6 Å². The molecule has 1 aromatic heterocycles. The van der Waals surface area contributed by atoms with Crippen LogP contribution in [0.3, 0.4) is 0 Å². The Bertz CT molecular complexity index is 298. The fourth-order valence-corrected chi connectivity index (χ4v) is 1.72. The number of aromatic nitrogens is 2. The minimum Gasteiger partial charge on any atom is -0.378 e. The summed E-state index contributed by atoms with van der Waals surface area (Å²) in [6, 6.07) is 0. The van der Waals surface area contributed by atoms with Crippen LogP contribution in [0.4, 0.5) is 5.95 Å². The van der Waals surface area contributed by atoms with E-state index in [1.807, 2.05) is 0 Å². The van der Waals surface area contributed by atoms with Gasteiger partial charge in [-0.3, -0.25) is 0 Å². The molecule has 1 fully saturated rings. The molecule has 1 unspecified atom stereocenters. The van der Waals surface area contributed by atoms with E-state index in [1.54, 1.807) is 12.4 Å². The summed E-state index contributed by atoms with van der Waals surface area (Å²) < 4.78 is 5.51. The average molecular weight is 228 g/mol. The number of nitrogens with zero attached hydrogens (tertiary/aromatic N) is 2. The standard InChI is InChI=1S/C10H14ClN3O/c11-8-6-13-10(14-7-8)12-4-3-9-2-1-5-15-9/h6-7,9H,1-5H2,(H,12,13,14). The van der Waals surface area contributed by atoms with Gasteiger partial charge >= 0.3 is 0 Å². The van der Waals surface area contributed by atoms with Crippen molar-refractivity contribution in [3.05, 3.63) is 17.4 Å². The third-order valence-electron chi connectivity index (χ3n) is 2.39. The minimum atomic E-state index is 0.407. The smallest absolute Gasteiger partial charge is 0.222 e. The zero-order chi connectivity index (χ0) is 10.5. The highest BCUT2D eigenvalue weighted by atomic mass is 35.5. The maximum Gasteiger partial charge on any atom is 0.222 e. The number of hydrogen-bond donors (Lipinski definition) is 1. The van der Waals surface area contributed by atoms with Gasteiger partial charge in [0, 0.05) is 13.2 Å². The summed E-state index contributed by atoms with van der Waals surface area (Å²) >= 11 is 5.68. The summed E-state index contributed by atoms with van der Waals surface area (Å²) in [6.07, 6.45) is 6.94. The molecular weight excluding hydrogens is 214 g/mol. The van der Waals surface area contributed by atoms with E-state index in [0.29, 0.717) is 17.1 Å². The third-order valence-corrected chi connectivity index (χ3v) is 2.59. The van der Waals surface area contributed by atoms with Crippen molar-refractivity contribution in [1.82, 2.24) is 9.97 Å².